The molecule has 3 rings (SSSR count). The number of alkyl halides is 3. The van der Waals surface area contributed by atoms with Gasteiger partial charge in [0, 0.05) is 18.5 Å². The molecule has 1 heterocycles. The lowest BCUT2D eigenvalue weighted by atomic mass is 10.2. The van der Waals surface area contributed by atoms with E-state index in [0.717, 1.165) is 40.2 Å². The lowest BCUT2D eigenvalue weighted by Gasteiger charge is -2.09. The van der Waals surface area contributed by atoms with E-state index >= 15 is 0 Å². The summed E-state index contributed by atoms with van der Waals surface area (Å²) in [4.78, 5) is 16.5. The lowest BCUT2D eigenvalue weighted by Crippen LogP contribution is -2.24. The number of nitrogens with zero attached hydrogens (tertiary/aromatic N) is 1. The van der Waals surface area contributed by atoms with Crippen LogP contribution in [-0.4, -0.2) is 23.8 Å². The van der Waals surface area contributed by atoms with Crippen LogP contribution in [0.4, 0.5) is 13.2 Å². The number of ether oxygens (including phenoxy) is 1. The third kappa shape index (κ3) is 4.95. The van der Waals surface area contributed by atoms with Gasteiger partial charge in [-0.3, -0.25) is 4.79 Å². The molecule has 0 aliphatic rings. The Morgan fingerprint density at radius 1 is 1.12 bits per heavy atom. The van der Waals surface area contributed by atoms with E-state index < -0.39 is 6.36 Å². The van der Waals surface area contributed by atoms with E-state index in [0.29, 0.717) is 6.54 Å². The molecule has 1 N–H and O–H groups in total. The van der Waals surface area contributed by atoms with Crippen molar-refractivity contribution >= 4 is 27.5 Å². The first-order chi connectivity index (χ1) is 12.4. The molecule has 0 unspecified atom stereocenters. The van der Waals surface area contributed by atoms with Crippen LogP contribution in [0.3, 0.4) is 0 Å². The number of thiazole rings is 1. The van der Waals surface area contributed by atoms with Crippen LogP contribution in [0.25, 0.3) is 10.2 Å². The monoisotopic (exact) mass is 380 g/mol. The maximum absolute atomic E-state index is 12.1. The number of carbonyl (C=O) groups is 1. The Bertz CT molecular complexity index is 858. The van der Waals surface area contributed by atoms with E-state index in [9.17, 15) is 18.0 Å². The van der Waals surface area contributed by atoms with E-state index in [1.54, 1.807) is 11.3 Å². The first kappa shape index (κ1) is 18.2. The summed E-state index contributed by atoms with van der Waals surface area (Å²) in [6.07, 6.45) is -3.27. The van der Waals surface area contributed by atoms with Crippen LogP contribution in [0.5, 0.6) is 5.75 Å². The predicted octanol–water partition coefficient (Wildman–Crippen LogP) is 4.56. The summed E-state index contributed by atoms with van der Waals surface area (Å²) in [6.45, 7) is 0.454. The minimum absolute atomic E-state index is 0.277. The number of hydrogen-bond acceptors (Lipinski definition) is 4. The molecule has 1 aromatic heterocycles. The molecular weight excluding hydrogens is 365 g/mol. The maximum Gasteiger partial charge on any atom is 0.573 e. The third-order valence-electron chi connectivity index (χ3n) is 3.54. The number of para-hydroxylation sites is 1. The van der Waals surface area contributed by atoms with Crippen molar-refractivity contribution < 1.29 is 22.7 Å². The third-order valence-corrected chi connectivity index (χ3v) is 4.64. The quantitative estimate of drug-likeness (QED) is 0.638. The highest BCUT2D eigenvalue weighted by atomic mass is 32.1. The number of nitrogens with one attached hydrogen (secondary N) is 1. The van der Waals surface area contributed by atoms with Crippen molar-refractivity contribution in [2.45, 2.75) is 19.2 Å². The molecule has 0 aliphatic heterocycles. The van der Waals surface area contributed by atoms with Gasteiger partial charge in [-0.1, -0.05) is 12.1 Å². The minimum Gasteiger partial charge on any atom is -0.406 e. The summed E-state index contributed by atoms with van der Waals surface area (Å²) in [5.41, 5.74) is 1.25. The van der Waals surface area contributed by atoms with Gasteiger partial charge in [-0.2, -0.15) is 0 Å². The molecule has 0 saturated heterocycles. The summed E-state index contributed by atoms with van der Waals surface area (Å²) < 4.78 is 41.2. The zero-order valence-electron chi connectivity index (χ0n) is 13.5. The largest absolute Gasteiger partial charge is 0.573 e. The smallest absolute Gasteiger partial charge is 0.406 e. The van der Waals surface area contributed by atoms with Crippen molar-refractivity contribution in [2.75, 3.05) is 6.54 Å². The summed E-state index contributed by atoms with van der Waals surface area (Å²) in [7, 11) is 0. The number of carbonyl (C=O) groups excluding carboxylic acids is 1. The molecule has 2 aromatic carbocycles. The van der Waals surface area contributed by atoms with E-state index in [2.05, 4.69) is 15.0 Å². The summed E-state index contributed by atoms with van der Waals surface area (Å²) in [6, 6.07) is 12.7. The van der Waals surface area contributed by atoms with Gasteiger partial charge in [0.05, 0.1) is 15.2 Å². The molecule has 4 nitrogen and oxygen atoms in total. The number of rotatable bonds is 6. The summed E-state index contributed by atoms with van der Waals surface area (Å²) in [5.74, 6) is -0.697. The number of fused-ring (bicyclic) bond motifs is 1. The van der Waals surface area contributed by atoms with Gasteiger partial charge in [-0.25, -0.2) is 4.98 Å². The Labute approximate surface area is 151 Å². The molecule has 8 heteroatoms. The topological polar surface area (TPSA) is 51.2 Å². The van der Waals surface area contributed by atoms with Crippen LogP contribution in [-0.2, 0) is 6.42 Å². The van der Waals surface area contributed by atoms with Gasteiger partial charge < -0.3 is 10.1 Å². The number of aryl methyl sites for hydroxylation is 1. The molecular formula is C18H15F3N2O2S. The maximum atomic E-state index is 12.1. The van der Waals surface area contributed by atoms with Crippen molar-refractivity contribution in [1.82, 2.24) is 10.3 Å². The van der Waals surface area contributed by atoms with Crippen LogP contribution in [0.1, 0.15) is 21.8 Å². The van der Waals surface area contributed by atoms with Crippen LogP contribution in [0.15, 0.2) is 48.5 Å². The molecule has 0 aliphatic carbocycles. The SMILES string of the molecule is O=C(NCCCc1nc2ccccc2s1)c1ccc(OC(F)(F)F)cc1. The second kappa shape index (κ2) is 7.74. The highest BCUT2D eigenvalue weighted by Gasteiger charge is 2.31. The second-order valence-electron chi connectivity index (χ2n) is 5.51. The fourth-order valence-corrected chi connectivity index (χ4v) is 3.39. The molecule has 0 atom stereocenters. The molecule has 136 valence electrons. The van der Waals surface area contributed by atoms with Crippen LogP contribution in [0, 0.1) is 0 Å². The van der Waals surface area contributed by atoms with Crippen molar-refractivity contribution in [2.24, 2.45) is 0 Å². The minimum atomic E-state index is -4.75. The molecule has 0 fully saturated rings. The number of benzene rings is 2. The Hall–Kier alpha value is -2.61. The van der Waals surface area contributed by atoms with Gasteiger partial charge in [0.15, 0.2) is 0 Å². The Balaban J connectivity index is 1.46. The standard InChI is InChI=1S/C18H15F3N2O2S/c19-18(20,21)25-13-9-7-12(8-10-13)17(24)22-11-3-6-16-23-14-4-1-2-5-15(14)26-16/h1-2,4-5,7-10H,3,6,11H2,(H,22,24). The first-order valence-corrected chi connectivity index (χ1v) is 8.71. The van der Waals surface area contributed by atoms with Crippen molar-refractivity contribution in [3.8, 4) is 5.75 Å². The Morgan fingerprint density at radius 2 is 1.85 bits per heavy atom. The average molecular weight is 380 g/mol. The molecule has 3 aromatic rings. The number of hydrogen-bond donors (Lipinski definition) is 1. The van der Waals surface area contributed by atoms with Crippen LogP contribution < -0.4 is 10.1 Å². The summed E-state index contributed by atoms with van der Waals surface area (Å²) >= 11 is 1.63. The average Bonchev–Trinajstić information content (AvgIpc) is 3.00. The molecule has 0 spiro atoms. The van der Waals surface area contributed by atoms with Gasteiger partial charge in [-0.15, -0.1) is 24.5 Å². The lowest BCUT2D eigenvalue weighted by molar-refractivity contribution is -0.274. The van der Waals surface area contributed by atoms with Gasteiger partial charge >= 0.3 is 6.36 Å². The Morgan fingerprint density at radius 3 is 2.54 bits per heavy atom. The fraction of sp³-hybridized carbons (Fsp3) is 0.222. The van der Waals surface area contributed by atoms with Crippen LogP contribution in [0.2, 0.25) is 0 Å². The highest BCUT2D eigenvalue weighted by molar-refractivity contribution is 7.18. The predicted molar refractivity (Wildman–Crippen MR) is 93.4 cm³/mol. The van der Waals surface area contributed by atoms with E-state index in [1.807, 2.05) is 24.3 Å². The van der Waals surface area contributed by atoms with E-state index in [4.69, 9.17) is 0 Å². The zero-order valence-corrected chi connectivity index (χ0v) is 14.4. The molecule has 26 heavy (non-hydrogen) atoms. The number of amides is 1. The Kier molecular flexibility index (Phi) is 5.41. The fourth-order valence-electron chi connectivity index (χ4n) is 2.38. The molecule has 0 radical (unpaired) electrons. The van der Waals surface area contributed by atoms with Crippen molar-refractivity contribution in [3.05, 3.63) is 59.1 Å². The van der Waals surface area contributed by atoms with Gasteiger partial charge in [0.2, 0.25) is 0 Å². The molecule has 0 saturated carbocycles. The van der Waals surface area contributed by atoms with Crippen molar-refractivity contribution in [1.29, 1.82) is 0 Å². The number of aromatic nitrogens is 1. The second-order valence-corrected chi connectivity index (χ2v) is 6.62. The van der Waals surface area contributed by atoms with Gasteiger partial charge in [-0.05, 0) is 42.8 Å². The number of halogens is 3. The molecule has 1 amide bonds. The van der Waals surface area contributed by atoms with Gasteiger partial charge in [0.25, 0.3) is 5.91 Å². The molecule has 0 bridgehead atoms. The van der Waals surface area contributed by atoms with E-state index in [-0.39, 0.29) is 17.2 Å². The summed E-state index contributed by atoms with van der Waals surface area (Å²) in [5, 5.41) is 3.75. The zero-order chi connectivity index (χ0) is 18.6. The van der Waals surface area contributed by atoms with Crippen LogP contribution >= 0.6 is 11.3 Å². The first-order valence-electron chi connectivity index (χ1n) is 7.89. The normalized spacial score (nSPS) is 11.5. The van der Waals surface area contributed by atoms with E-state index in [1.165, 1.54) is 12.1 Å². The highest BCUT2D eigenvalue weighted by Crippen LogP contribution is 2.23. The van der Waals surface area contributed by atoms with Crippen molar-refractivity contribution in [3.63, 3.8) is 0 Å². The van der Waals surface area contributed by atoms with Gasteiger partial charge in [0.1, 0.15) is 5.75 Å².